The predicted octanol–water partition coefficient (Wildman–Crippen LogP) is 3.61. The molecular weight excluding hydrogens is 258 g/mol. The van der Waals surface area contributed by atoms with Gasteiger partial charge < -0.3 is 10.6 Å². The Morgan fingerprint density at radius 2 is 1.90 bits per heavy atom. The number of para-hydroxylation sites is 1. The molecule has 2 rings (SSSR count). The van der Waals surface area contributed by atoms with Crippen molar-refractivity contribution in [3.05, 3.63) is 35.9 Å². The number of pyridine rings is 1. The fourth-order valence-electron chi connectivity index (χ4n) is 2.76. The van der Waals surface area contributed by atoms with Gasteiger partial charge in [0, 0.05) is 25.0 Å². The lowest BCUT2D eigenvalue weighted by Gasteiger charge is -2.29. The van der Waals surface area contributed by atoms with Crippen molar-refractivity contribution in [2.75, 3.05) is 18.5 Å². The molecule has 2 N–H and O–H groups in total. The van der Waals surface area contributed by atoms with Crippen molar-refractivity contribution in [3.8, 4) is 0 Å². The minimum absolute atomic E-state index is 0.134. The lowest BCUT2D eigenvalue weighted by molar-refractivity contribution is 0.417. The Morgan fingerprint density at radius 3 is 2.52 bits per heavy atom. The number of anilines is 1. The number of fused-ring (bicyclic) bond motifs is 1. The first-order valence-corrected chi connectivity index (χ1v) is 7.62. The number of rotatable bonds is 4. The topological polar surface area (TPSA) is 42.1 Å². The zero-order valence-corrected chi connectivity index (χ0v) is 13.9. The minimum atomic E-state index is 0.134. The third-order valence-corrected chi connectivity index (χ3v) is 3.40. The van der Waals surface area contributed by atoms with Crippen LogP contribution in [0.1, 0.15) is 33.3 Å². The van der Waals surface area contributed by atoms with Crippen LogP contribution < -0.4 is 10.6 Å². The average molecular weight is 285 g/mol. The summed E-state index contributed by atoms with van der Waals surface area (Å²) in [5.74, 6) is 1.06. The van der Waals surface area contributed by atoms with Crippen molar-refractivity contribution in [3.63, 3.8) is 0 Å². The van der Waals surface area contributed by atoms with E-state index in [1.165, 1.54) is 10.9 Å². The summed E-state index contributed by atoms with van der Waals surface area (Å²) in [7, 11) is 2.12. The Bertz CT molecular complexity index is 611. The van der Waals surface area contributed by atoms with E-state index < -0.39 is 0 Å². The van der Waals surface area contributed by atoms with Gasteiger partial charge in [0.15, 0.2) is 0 Å². The molecule has 0 aliphatic carbocycles. The number of benzene rings is 1. The zero-order chi connectivity index (χ0) is 15.6. The third kappa shape index (κ3) is 4.18. The lowest BCUT2D eigenvalue weighted by atomic mass is 9.96. The number of aromatic nitrogens is 1. The molecule has 2 aromatic rings. The van der Waals surface area contributed by atoms with Crippen LogP contribution in [0.4, 0.5) is 5.82 Å². The van der Waals surface area contributed by atoms with E-state index in [1.807, 2.05) is 13.0 Å². The van der Waals surface area contributed by atoms with Gasteiger partial charge in [-0.3, -0.25) is 0 Å². The molecule has 1 unspecified atom stereocenters. The first-order valence-electron chi connectivity index (χ1n) is 7.62. The Labute approximate surface area is 128 Å². The van der Waals surface area contributed by atoms with Crippen LogP contribution in [-0.2, 0) is 6.42 Å². The van der Waals surface area contributed by atoms with Crippen LogP contribution >= 0.6 is 0 Å². The van der Waals surface area contributed by atoms with Gasteiger partial charge in [0.1, 0.15) is 5.82 Å². The molecule has 0 aliphatic heterocycles. The second-order valence-electron chi connectivity index (χ2n) is 7.26. The van der Waals surface area contributed by atoms with Crippen LogP contribution in [0.25, 0.3) is 10.9 Å². The van der Waals surface area contributed by atoms with Gasteiger partial charge in [0.05, 0.1) is 5.52 Å². The molecule has 0 aliphatic rings. The van der Waals surface area contributed by atoms with Crippen LogP contribution in [0.5, 0.6) is 0 Å². The van der Waals surface area contributed by atoms with Crippen LogP contribution in [0.15, 0.2) is 30.3 Å². The lowest BCUT2D eigenvalue weighted by Crippen LogP contribution is -2.31. The molecule has 0 spiro atoms. The van der Waals surface area contributed by atoms with Crippen molar-refractivity contribution in [1.29, 1.82) is 0 Å². The molecule has 1 atom stereocenters. The predicted molar refractivity (Wildman–Crippen MR) is 91.8 cm³/mol. The molecule has 21 heavy (non-hydrogen) atoms. The Morgan fingerprint density at radius 1 is 1.24 bits per heavy atom. The summed E-state index contributed by atoms with van der Waals surface area (Å²) in [5, 5.41) is 1.18. The second-order valence-corrected chi connectivity index (χ2v) is 7.26. The van der Waals surface area contributed by atoms with E-state index in [2.05, 4.69) is 57.0 Å². The van der Waals surface area contributed by atoms with Crippen molar-refractivity contribution in [2.24, 2.45) is 11.1 Å². The molecule has 0 radical (unpaired) electrons. The first kappa shape index (κ1) is 15.8. The Balaban J connectivity index is 2.47. The largest absolute Gasteiger partial charge is 0.359 e. The molecule has 0 fully saturated rings. The molecule has 1 aromatic heterocycles. The number of nitrogens with two attached hydrogens (primary N) is 1. The van der Waals surface area contributed by atoms with Crippen LogP contribution in [0.2, 0.25) is 0 Å². The molecule has 1 heterocycles. The smallest absolute Gasteiger partial charge is 0.132 e. The first-order chi connectivity index (χ1) is 9.76. The molecule has 0 bridgehead atoms. The van der Waals surface area contributed by atoms with Gasteiger partial charge >= 0.3 is 0 Å². The quantitative estimate of drug-likeness (QED) is 0.933. The normalized spacial score (nSPS) is 13.4. The summed E-state index contributed by atoms with van der Waals surface area (Å²) in [6.07, 6.45) is 0.849. The van der Waals surface area contributed by atoms with E-state index in [0.717, 1.165) is 24.3 Å². The van der Waals surface area contributed by atoms with Gasteiger partial charge in [-0.15, -0.1) is 0 Å². The molecule has 3 heteroatoms. The third-order valence-electron chi connectivity index (χ3n) is 3.40. The van der Waals surface area contributed by atoms with E-state index >= 15 is 0 Å². The van der Waals surface area contributed by atoms with Gasteiger partial charge in [-0.1, -0.05) is 39.0 Å². The van der Waals surface area contributed by atoms with Gasteiger partial charge in [0.25, 0.3) is 0 Å². The fraction of sp³-hybridized carbons (Fsp3) is 0.500. The van der Waals surface area contributed by atoms with E-state index in [0.29, 0.717) is 0 Å². The molecule has 3 nitrogen and oxygen atoms in total. The summed E-state index contributed by atoms with van der Waals surface area (Å²) in [5.41, 5.74) is 8.52. The summed E-state index contributed by atoms with van der Waals surface area (Å²) >= 11 is 0. The average Bonchev–Trinajstić information content (AvgIpc) is 2.35. The SMILES string of the molecule is CC(N)Cc1cc2ccccc2nc1N(C)CC(C)(C)C. The molecule has 0 saturated carbocycles. The maximum atomic E-state index is 6.02. The van der Waals surface area contributed by atoms with Gasteiger partial charge in [-0.25, -0.2) is 4.98 Å². The highest BCUT2D eigenvalue weighted by Gasteiger charge is 2.18. The van der Waals surface area contributed by atoms with Crippen molar-refractivity contribution < 1.29 is 0 Å². The second kappa shape index (κ2) is 6.02. The highest BCUT2D eigenvalue weighted by atomic mass is 15.2. The monoisotopic (exact) mass is 285 g/mol. The van der Waals surface area contributed by atoms with E-state index in [-0.39, 0.29) is 11.5 Å². The summed E-state index contributed by atoms with van der Waals surface area (Å²) in [6.45, 7) is 9.74. The van der Waals surface area contributed by atoms with Crippen LogP contribution in [-0.4, -0.2) is 24.6 Å². The molecular formula is C18H27N3. The highest BCUT2D eigenvalue weighted by Crippen LogP contribution is 2.26. The molecule has 1 aromatic carbocycles. The van der Waals surface area contributed by atoms with Crippen molar-refractivity contribution in [2.45, 2.75) is 40.2 Å². The summed E-state index contributed by atoms with van der Waals surface area (Å²) in [4.78, 5) is 7.14. The summed E-state index contributed by atoms with van der Waals surface area (Å²) < 4.78 is 0. The fourth-order valence-corrected chi connectivity index (χ4v) is 2.76. The highest BCUT2D eigenvalue weighted by molar-refractivity contribution is 5.81. The summed E-state index contributed by atoms with van der Waals surface area (Å²) in [6, 6.07) is 10.6. The van der Waals surface area contributed by atoms with Crippen molar-refractivity contribution in [1.82, 2.24) is 4.98 Å². The minimum Gasteiger partial charge on any atom is -0.359 e. The van der Waals surface area contributed by atoms with Crippen LogP contribution in [0.3, 0.4) is 0 Å². The Kier molecular flexibility index (Phi) is 4.52. The maximum Gasteiger partial charge on any atom is 0.132 e. The number of hydrogen-bond donors (Lipinski definition) is 1. The number of nitrogens with zero attached hydrogens (tertiary/aromatic N) is 2. The van der Waals surface area contributed by atoms with E-state index in [4.69, 9.17) is 10.7 Å². The van der Waals surface area contributed by atoms with Crippen LogP contribution in [0, 0.1) is 5.41 Å². The van der Waals surface area contributed by atoms with E-state index in [1.54, 1.807) is 0 Å². The molecule has 114 valence electrons. The van der Waals surface area contributed by atoms with Gasteiger partial charge in [-0.2, -0.15) is 0 Å². The molecule has 0 amide bonds. The van der Waals surface area contributed by atoms with Gasteiger partial charge in [-0.05, 0) is 36.5 Å². The maximum absolute atomic E-state index is 6.02. The van der Waals surface area contributed by atoms with E-state index in [9.17, 15) is 0 Å². The zero-order valence-electron chi connectivity index (χ0n) is 13.9. The number of hydrogen-bond acceptors (Lipinski definition) is 3. The van der Waals surface area contributed by atoms with Gasteiger partial charge in [0.2, 0.25) is 0 Å². The van der Waals surface area contributed by atoms with Crippen molar-refractivity contribution >= 4 is 16.7 Å². The standard InChI is InChI=1S/C18H27N3/c1-13(19)10-15-11-14-8-6-7-9-16(14)20-17(15)21(5)12-18(2,3)4/h6-9,11,13H,10,12,19H2,1-5H3. The Hall–Kier alpha value is -1.61. The molecule has 0 saturated heterocycles.